The largest absolute Gasteiger partial charge is 0.493 e. The summed E-state index contributed by atoms with van der Waals surface area (Å²) in [5.41, 5.74) is 3.53. The number of ether oxygens (including phenoxy) is 3. The van der Waals surface area contributed by atoms with Crippen LogP contribution in [-0.2, 0) is 12.8 Å². The maximum Gasteiger partial charge on any atom is 0.269 e. The second-order valence-electron chi connectivity index (χ2n) is 8.28. The van der Waals surface area contributed by atoms with Crippen LogP contribution in [0.25, 0.3) is 0 Å². The van der Waals surface area contributed by atoms with Crippen molar-refractivity contribution in [2.24, 2.45) is 0 Å². The zero-order chi connectivity index (χ0) is 24.9. The minimum atomic E-state index is -0.481. The highest BCUT2D eigenvalue weighted by Gasteiger charge is 2.33. The normalized spacial score (nSPS) is 14.7. The van der Waals surface area contributed by atoms with E-state index in [0.29, 0.717) is 30.0 Å². The summed E-state index contributed by atoms with van der Waals surface area (Å²) in [4.78, 5) is 25.8. The number of fused-ring (bicyclic) bond motifs is 1. The van der Waals surface area contributed by atoms with Crippen molar-refractivity contribution in [1.29, 1.82) is 0 Å². The number of nitrogens with zero attached hydrogens (tertiary/aromatic N) is 2. The van der Waals surface area contributed by atoms with E-state index < -0.39 is 4.92 Å². The van der Waals surface area contributed by atoms with Crippen molar-refractivity contribution >= 4 is 11.6 Å². The fourth-order valence-electron chi connectivity index (χ4n) is 4.34. The summed E-state index contributed by atoms with van der Waals surface area (Å²) in [7, 11) is 3.17. The lowest BCUT2D eigenvalue weighted by molar-refractivity contribution is -0.384. The molecule has 8 nitrogen and oxygen atoms in total. The number of aryl methyl sites for hydroxylation is 1. The van der Waals surface area contributed by atoms with E-state index in [1.807, 2.05) is 36.4 Å². The van der Waals surface area contributed by atoms with Crippen molar-refractivity contribution < 1.29 is 23.9 Å². The van der Waals surface area contributed by atoms with Crippen LogP contribution < -0.4 is 14.2 Å². The number of methoxy groups -OCH3 is 2. The molecule has 3 aromatic rings. The van der Waals surface area contributed by atoms with Gasteiger partial charge in [-0.2, -0.15) is 0 Å². The van der Waals surface area contributed by atoms with E-state index in [2.05, 4.69) is 6.92 Å². The van der Waals surface area contributed by atoms with E-state index in [1.165, 1.54) is 29.8 Å². The maximum atomic E-state index is 13.5. The zero-order valence-electron chi connectivity index (χ0n) is 20.0. The van der Waals surface area contributed by atoms with Crippen molar-refractivity contribution in [2.75, 3.05) is 27.4 Å². The van der Waals surface area contributed by atoms with Gasteiger partial charge < -0.3 is 19.1 Å². The number of benzene rings is 3. The van der Waals surface area contributed by atoms with Crippen LogP contribution in [0.4, 0.5) is 5.69 Å². The molecule has 1 heterocycles. The number of hydrogen-bond acceptors (Lipinski definition) is 6. The number of hydrogen-bond donors (Lipinski definition) is 0. The van der Waals surface area contributed by atoms with Crippen LogP contribution in [0.15, 0.2) is 60.7 Å². The first-order chi connectivity index (χ1) is 16.9. The SMILES string of the molecule is CCc1ccc(OC[C@H]2c3cc(OC)c(OC)cc3CCN2C(=O)c2ccc([N+](=O)[O-])cc2)cc1. The Balaban J connectivity index is 1.67. The number of non-ortho nitro benzene ring substituents is 1. The first-order valence-corrected chi connectivity index (χ1v) is 11.5. The number of amides is 1. The van der Waals surface area contributed by atoms with Gasteiger partial charge in [0.2, 0.25) is 0 Å². The van der Waals surface area contributed by atoms with Gasteiger partial charge in [0.05, 0.1) is 25.2 Å². The molecule has 0 N–H and O–H groups in total. The van der Waals surface area contributed by atoms with Crippen LogP contribution in [0.3, 0.4) is 0 Å². The van der Waals surface area contributed by atoms with E-state index in [-0.39, 0.29) is 24.2 Å². The molecule has 1 aliphatic heterocycles. The van der Waals surface area contributed by atoms with Crippen LogP contribution in [-0.4, -0.2) is 43.1 Å². The molecule has 0 fully saturated rings. The molecule has 0 aromatic heterocycles. The summed E-state index contributed by atoms with van der Waals surface area (Å²) in [6, 6.07) is 17.1. The molecule has 8 heteroatoms. The summed E-state index contributed by atoms with van der Waals surface area (Å²) in [6.45, 7) is 2.81. The van der Waals surface area contributed by atoms with Crippen molar-refractivity contribution in [3.8, 4) is 17.2 Å². The summed E-state index contributed by atoms with van der Waals surface area (Å²) in [5.74, 6) is 1.72. The number of carbonyl (C=O) groups is 1. The molecule has 0 aliphatic carbocycles. The van der Waals surface area contributed by atoms with Crippen molar-refractivity contribution in [1.82, 2.24) is 4.90 Å². The number of rotatable bonds is 8. The predicted molar refractivity (Wildman–Crippen MR) is 131 cm³/mol. The lowest BCUT2D eigenvalue weighted by Gasteiger charge is -2.37. The number of nitro benzene ring substituents is 1. The first kappa shape index (κ1) is 24.1. The Kier molecular flexibility index (Phi) is 7.19. The molecule has 0 saturated carbocycles. The molecule has 1 aliphatic rings. The van der Waals surface area contributed by atoms with Gasteiger partial charge in [0.1, 0.15) is 12.4 Å². The van der Waals surface area contributed by atoms with Gasteiger partial charge in [0.15, 0.2) is 11.5 Å². The quantitative estimate of drug-likeness (QED) is 0.336. The molecule has 35 heavy (non-hydrogen) atoms. The minimum Gasteiger partial charge on any atom is -0.493 e. The molecule has 182 valence electrons. The highest BCUT2D eigenvalue weighted by atomic mass is 16.6. The monoisotopic (exact) mass is 476 g/mol. The highest BCUT2D eigenvalue weighted by Crippen LogP contribution is 2.39. The van der Waals surface area contributed by atoms with E-state index >= 15 is 0 Å². The van der Waals surface area contributed by atoms with Crippen LogP contribution in [0.1, 0.15) is 40.0 Å². The van der Waals surface area contributed by atoms with Crippen LogP contribution in [0.2, 0.25) is 0 Å². The fraction of sp³-hybridized carbons (Fsp3) is 0.296. The summed E-state index contributed by atoms with van der Waals surface area (Å²) >= 11 is 0. The molecule has 0 radical (unpaired) electrons. The third-order valence-electron chi connectivity index (χ3n) is 6.33. The number of nitro groups is 1. The average molecular weight is 477 g/mol. The standard InChI is InChI=1S/C27H28N2O6/c1-4-18-5-11-22(12-6-18)35-17-24-23-16-26(34-3)25(33-2)15-20(23)13-14-28(24)27(30)19-7-9-21(10-8-19)29(31)32/h5-12,15-16,24H,4,13-14,17H2,1-3H3/t24-/m0/s1. The Labute approximate surface area is 204 Å². The third kappa shape index (κ3) is 5.06. The predicted octanol–water partition coefficient (Wildman–Crippen LogP) is 4.99. The summed E-state index contributed by atoms with van der Waals surface area (Å²) in [6.07, 6.45) is 1.57. The van der Waals surface area contributed by atoms with Gasteiger partial charge in [-0.1, -0.05) is 19.1 Å². The lowest BCUT2D eigenvalue weighted by Crippen LogP contribution is -2.42. The second-order valence-corrected chi connectivity index (χ2v) is 8.28. The molecule has 0 bridgehead atoms. The summed E-state index contributed by atoms with van der Waals surface area (Å²) in [5, 5.41) is 11.0. The Bertz CT molecular complexity index is 1210. The number of carbonyl (C=O) groups excluding carboxylic acids is 1. The van der Waals surface area contributed by atoms with Crippen molar-refractivity contribution in [2.45, 2.75) is 25.8 Å². The van der Waals surface area contributed by atoms with E-state index in [0.717, 1.165) is 23.3 Å². The highest BCUT2D eigenvalue weighted by molar-refractivity contribution is 5.95. The van der Waals surface area contributed by atoms with Gasteiger partial charge in [-0.25, -0.2) is 0 Å². The molecular formula is C27H28N2O6. The molecule has 0 saturated heterocycles. The topological polar surface area (TPSA) is 91.1 Å². The van der Waals surface area contributed by atoms with E-state index in [9.17, 15) is 14.9 Å². The van der Waals surface area contributed by atoms with Crippen LogP contribution in [0, 0.1) is 10.1 Å². The second kappa shape index (κ2) is 10.5. The van der Waals surface area contributed by atoms with Gasteiger partial charge >= 0.3 is 0 Å². The molecule has 1 atom stereocenters. The molecule has 4 rings (SSSR count). The molecule has 0 spiro atoms. The molecule has 1 amide bonds. The third-order valence-corrected chi connectivity index (χ3v) is 6.33. The minimum absolute atomic E-state index is 0.0576. The van der Waals surface area contributed by atoms with Gasteiger partial charge in [-0.3, -0.25) is 14.9 Å². The first-order valence-electron chi connectivity index (χ1n) is 11.5. The maximum absolute atomic E-state index is 13.5. The fourth-order valence-corrected chi connectivity index (χ4v) is 4.34. The lowest BCUT2D eigenvalue weighted by atomic mass is 9.91. The van der Waals surface area contributed by atoms with Crippen LogP contribution in [0.5, 0.6) is 17.2 Å². The Morgan fingerprint density at radius 2 is 1.69 bits per heavy atom. The van der Waals surface area contributed by atoms with Crippen molar-refractivity contribution in [3.63, 3.8) is 0 Å². The van der Waals surface area contributed by atoms with Gasteiger partial charge in [0.25, 0.3) is 11.6 Å². The Hall–Kier alpha value is -4.07. The van der Waals surface area contributed by atoms with Crippen molar-refractivity contribution in [3.05, 3.63) is 93.0 Å². The van der Waals surface area contributed by atoms with Crippen LogP contribution >= 0.6 is 0 Å². The van der Waals surface area contributed by atoms with Gasteiger partial charge in [-0.15, -0.1) is 0 Å². The average Bonchev–Trinajstić information content (AvgIpc) is 2.90. The van der Waals surface area contributed by atoms with E-state index in [1.54, 1.807) is 19.1 Å². The molecule has 0 unspecified atom stereocenters. The summed E-state index contributed by atoms with van der Waals surface area (Å²) < 4.78 is 17.1. The van der Waals surface area contributed by atoms with Gasteiger partial charge in [-0.05, 0) is 65.9 Å². The molecule has 3 aromatic carbocycles. The zero-order valence-corrected chi connectivity index (χ0v) is 20.0. The van der Waals surface area contributed by atoms with E-state index in [4.69, 9.17) is 14.2 Å². The Morgan fingerprint density at radius 3 is 2.29 bits per heavy atom. The van der Waals surface area contributed by atoms with Gasteiger partial charge in [0, 0.05) is 24.2 Å². The Morgan fingerprint density at radius 1 is 1.03 bits per heavy atom. The molecular weight excluding hydrogens is 448 g/mol. The smallest absolute Gasteiger partial charge is 0.269 e.